The van der Waals surface area contributed by atoms with Crippen LogP contribution in [0.1, 0.15) is 0 Å². The monoisotopic (exact) mass is 373 g/mol. The molecule has 0 radical (unpaired) electrons. The van der Waals surface area contributed by atoms with Gasteiger partial charge >= 0.3 is 0 Å². The van der Waals surface area contributed by atoms with Crippen molar-refractivity contribution in [2.24, 2.45) is 0 Å². The zero-order valence-electron chi connectivity index (χ0n) is 15.2. The van der Waals surface area contributed by atoms with E-state index < -0.39 is 0 Å². The summed E-state index contributed by atoms with van der Waals surface area (Å²) in [5.74, 6) is 0.517. The number of amides is 1. The molecule has 1 N–H and O–H groups in total. The number of rotatable bonds is 6. The second-order valence-corrected chi connectivity index (χ2v) is 6.37. The van der Waals surface area contributed by atoms with E-state index in [0.717, 1.165) is 16.5 Å². The van der Waals surface area contributed by atoms with E-state index in [2.05, 4.69) is 10.3 Å². The summed E-state index contributed by atoms with van der Waals surface area (Å²) in [7, 11) is 0. The lowest BCUT2D eigenvalue weighted by atomic mass is 10.1. The average molecular weight is 373 g/mol. The number of hydrogen-bond donors (Lipinski definition) is 1. The molecule has 0 aliphatic rings. The second-order valence-electron chi connectivity index (χ2n) is 6.37. The molecule has 6 nitrogen and oxygen atoms in total. The van der Waals surface area contributed by atoms with E-state index in [1.807, 2.05) is 48.5 Å². The van der Waals surface area contributed by atoms with Crippen molar-refractivity contribution in [3.05, 3.63) is 83.4 Å². The predicted octanol–water partition coefficient (Wildman–Crippen LogP) is 2.74. The first-order valence-electron chi connectivity index (χ1n) is 9.04. The quantitative estimate of drug-likeness (QED) is 0.528. The topological polar surface area (TPSA) is 73.2 Å². The molecule has 28 heavy (non-hydrogen) atoms. The summed E-state index contributed by atoms with van der Waals surface area (Å²) >= 11 is 0. The van der Waals surface area contributed by atoms with Crippen LogP contribution < -0.4 is 15.6 Å². The van der Waals surface area contributed by atoms with Crippen LogP contribution in [0.5, 0.6) is 5.75 Å². The van der Waals surface area contributed by atoms with E-state index in [1.54, 1.807) is 18.2 Å². The molecule has 6 heteroatoms. The molecular formula is C22H19N3O3. The molecule has 0 spiro atoms. The van der Waals surface area contributed by atoms with Crippen molar-refractivity contribution in [3.63, 3.8) is 0 Å². The fourth-order valence-corrected chi connectivity index (χ4v) is 3.10. The Morgan fingerprint density at radius 2 is 1.71 bits per heavy atom. The lowest BCUT2D eigenvalue weighted by Crippen LogP contribution is -2.34. The van der Waals surface area contributed by atoms with Crippen LogP contribution in [-0.4, -0.2) is 28.6 Å². The van der Waals surface area contributed by atoms with E-state index >= 15 is 0 Å². The van der Waals surface area contributed by atoms with Crippen molar-refractivity contribution in [1.29, 1.82) is 0 Å². The van der Waals surface area contributed by atoms with Gasteiger partial charge in [-0.05, 0) is 23.6 Å². The van der Waals surface area contributed by atoms with Crippen LogP contribution in [0.3, 0.4) is 0 Å². The third kappa shape index (κ3) is 3.71. The number of nitrogens with zero attached hydrogens (tertiary/aromatic N) is 2. The largest absolute Gasteiger partial charge is 0.491 e. The fraction of sp³-hybridized carbons (Fsp3) is 0.136. The van der Waals surface area contributed by atoms with E-state index in [4.69, 9.17) is 4.74 Å². The standard InChI is InChI=1S/C22H19N3O3/c26-21(14-25-15-24-19-10-4-3-9-18(19)22(25)27)23-12-13-28-20-11-5-7-16-6-1-2-8-17(16)20/h1-11,15H,12-14H2,(H,23,26). The lowest BCUT2D eigenvalue weighted by molar-refractivity contribution is -0.121. The molecule has 0 aliphatic heterocycles. The number of hydrogen-bond acceptors (Lipinski definition) is 4. The van der Waals surface area contributed by atoms with Gasteiger partial charge in [-0.1, -0.05) is 48.5 Å². The van der Waals surface area contributed by atoms with Crippen molar-refractivity contribution in [2.45, 2.75) is 6.54 Å². The van der Waals surface area contributed by atoms with Crippen molar-refractivity contribution in [2.75, 3.05) is 13.2 Å². The Hall–Kier alpha value is -3.67. The summed E-state index contributed by atoms with van der Waals surface area (Å²) in [5.41, 5.74) is 0.389. The summed E-state index contributed by atoms with van der Waals surface area (Å²) in [6.07, 6.45) is 1.40. The van der Waals surface area contributed by atoms with Crippen LogP contribution in [0.15, 0.2) is 77.9 Å². The first-order chi connectivity index (χ1) is 13.7. The SMILES string of the molecule is O=C(Cn1cnc2ccccc2c1=O)NCCOc1cccc2ccccc12. The van der Waals surface area contributed by atoms with Gasteiger partial charge in [-0.15, -0.1) is 0 Å². The highest BCUT2D eigenvalue weighted by Gasteiger charge is 2.08. The van der Waals surface area contributed by atoms with Crippen molar-refractivity contribution in [3.8, 4) is 5.75 Å². The molecule has 0 atom stereocenters. The van der Waals surface area contributed by atoms with Gasteiger partial charge in [-0.3, -0.25) is 14.2 Å². The number of ether oxygens (including phenoxy) is 1. The van der Waals surface area contributed by atoms with Crippen molar-refractivity contribution < 1.29 is 9.53 Å². The molecular weight excluding hydrogens is 354 g/mol. The number of fused-ring (bicyclic) bond motifs is 2. The van der Waals surface area contributed by atoms with Crippen LogP contribution in [-0.2, 0) is 11.3 Å². The Morgan fingerprint density at radius 1 is 0.964 bits per heavy atom. The minimum Gasteiger partial charge on any atom is -0.491 e. The van der Waals surface area contributed by atoms with E-state index in [-0.39, 0.29) is 18.0 Å². The molecule has 1 amide bonds. The van der Waals surface area contributed by atoms with E-state index in [1.165, 1.54) is 10.9 Å². The van der Waals surface area contributed by atoms with Gasteiger partial charge in [0.15, 0.2) is 0 Å². The Balaban J connectivity index is 1.34. The number of benzene rings is 3. The maximum Gasteiger partial charge on any atom is 0.261 e. The van der Waals surface area contributed by atoms with Gasteiger partial charge in [-0.2, -0.15) is 0 Å². The van der Waals surface area contributed by atoms with Crippen LogP contribution in [0.25, 0.3) is 21.7 Å². The Morgan fingerprint density at radius 3 is 2.61 bits per heavy atom. The van der Waals surface area contributed by atoms with Crippen LogP contribution >= 0.6 is 0 Å². The van der Waals surface area contributed by atoms with Crippen molar-refractivity contribution >= 4 is 27.6 Å². The number of para-hydroxylation sites is 1. The third-order valence-electron chi connectivity index (χ3n) is 4.48. The molecule has 0 fully saturated rings. The van der Waals surface area contributed by atoms with Gasteiger partial charge in [0.1, 0.15) is 18.9 Å². The summed E-state index contributed by atoms with van der Waals surface area (Å²) < 4.78 is 7.11. The van der Waals surface area contributed by atoms with Gasteiger partial charge < -0.3 is 10.1 Å². The van der Waals surface area contributed by atoms with Crippen LogP contribution in [0, 0.1) is 0 Å². The third-order valence-corrected chi connectivity index (χ3v) is 4.48. The molecule has 0 unspecified atom stereocenters. The second kappa shape index (κ2) is 7.92. The first kappa shape index (κ1) is 17.7. The zero-order chi connectivity index (χ0) is 19.3. The molecule has 4 rings (SSSR count). The Labute approximate surface area is 161 Å². The number of nitrogens with one attached hydrogen (secondary N) is 1. The summed E-state index contributed by atoms with van der Waals surface area (Å²) in [4.78, 5) is 28.8. The Kier molecular flexibility index (Phi) is 5.01. The predicted molar refractivity (Wildman–Crippen MR) is 108 cm³/mol. The summed E-state index contributed by atoms with van der Waals surface area (Å²) in [6.45, 7) is 0.605. The minimum absolute atomic E-state index is 0.0784. The van der Waals surface area contributed by atoms with E-state index in [0.29, 0.717) is 24.1 Å². The van der Waals surface area contributed by atoms with Gasteiger partial charge in [0, 0.05) is 5.39 Å². The number of carbonyl (C=O) groups excluding carboxylic acids is 1. The first-order valence-corrected chi connectivity index (χ1v) is 9.04. The summed E-state index contributed by atoms with van der Waals surface area (Å²) in [6, 6.07) is 20.9. The highest BCUT2D eigenvalue weighted by atomic mass is 16.5. The smallest absolute Gasteiger partial charge is 0.261 e. The van der Waals surface area contributed by atoms with Gasteiger partial charge in [0.25, 0.3) is 5.56 Å². The molecule has 0 saturated carbocycles. The van der Waals surface area contributed by atoms with Crippen molar-refractivity contribution in [1.82, 2.24) is 14.9 Å². The van der Waals surface area contributed by atoms with Gasteiger partial charge in [-0.25, -0.2) is 4.98 Å². The fourth-order valence-electron chi connectivity index (χ4n) is 3.10. The molecule has 0 bridgehead atoms. The molecule has 0 aliphatic carbocycles. The van der Waals surface area contributed by atoms with Crippen LogP contribution in [0.4, 0.5) is 0 Å². The molecule has 140 valence electrons. The maximum atomic E-state index is 12.4. The average Bonchev–Trinajstić information content (AvgIpc) is 2.73. The van der Waals surface area contributed by atoms with Gasteiger partial charge in [0.05, 0.1) is 23.8 Å². The minimum atomic E-state index is -0.263. The van der Waals surface area contributed by atoms with Gasteiger partial charge in [0.2, 0.25) is 5.91 Å². The molecule has 4 aromatic rings. The molecule has 1 heterocycles. The molecule has 3 aromatic carbocycles. The molecule has 1 aromatic heterocycles. The summed E-state index contributed by atoms with van der Waals surface area (Å²) in [5, 5.41) is 5.41. The Bertz CT molecular complexity index is 1190. The molecule has 0 saturated heterocycles. The zero-order valence-corrected chi connectivity index (χ0v) is 15.2. The maximum absolute atomic E-state index is 12.4. The number of aromatic nitrogens is 2. The lowest BCUT2D eigenvalue weighted by Gasteiger charge is -2.11. The number of carbonyl (C=O) groups is 1. The van der Waals surface area contributed by atoms with Crippen LogP contribution in [0.2, 0.25) is 0 Å². The highest BCUT2D eigenvalue weighted by molar-refractivity contribution is 5.88. The highest BCUT2D eigenvalue weighted by Crippen LogP contribution is 2.24. The normalized spacial score (nSPS) is 10.9. The van der Waals surface area contributed by atoms with E-state index in [9.17, 15) is 9.59 Å².